The molecule has 40 valence electrons. The molecule has 0 radical (unpaired) electrons. The lowest BCUT2D eigenvalue weighted by Crippen LogP contribution is -1.51. The summed E-state index contributed by atoms with van der Waals surface area (Å²) in [6.07, 6.45) is 2.52. The minimum atomic E-state index is 1.26. The molecule has 1 heteroatoms. The Labute approximate surface area is 49.0 Å². The molecule has 0 bridgehead atoms. The average Bonchev–Trinajstić information content (AvgIpc) is 2.43. The molecule has 7 heavy (non-hydrogen) atoms. The van der Waals surface area contributed by atoms with Crippen LogP contribution in [0.5, 0.6) is 0 Å². The van der Waals surface area contributed by atoms with E-state index in [9.17, 15) is 0 Å². The van der Waals surface area contributed by atoms with Crippen molar-refractivity contribution in [1.82, 2.24) is 0 Å². The van der Waals surface area contributed by atoms with E-state index in [1.807, 2.05) is 11.8 Å². The largest absolute Gasteiger partial charge is 0.0974 e. The summed E-state index contributed by atoms with van der Waals surface area (Å²) in [7, 11) is 0. The normalized spacial score (nSPS) is 18.0. The lowest BCUT2D eigenvalue weighted by atomic mass is 10.4. The van der Waals surface area contributed by atoms with Gasteiger partial charge in [0.2, 0.25) is 0 Å². The molecule has 0 amide bonds. The Hall–Kier alpha value is 0.0900. The van der Waals surface area contributed by atoms with Crippen LogP contribution in [-0.4, -0.2) is 0 Å². The standard InChI is InChI=1S/C6H10S/c1-3-5-6(4-2)7-5/h3-4H2,1-2H3. The van der Waals surface area contributed by atoms with Crippen LogP contribution in [0.1, 0.15) is 26.7 Å². The number of thioether (sulfide) groups is 1. The molecule has 0 saturated carbocycles. The van der Waals surface area contributed by atoms with Gasteiger partial charge in [-0.05, 0) is 22.7 Å². The molecule has 1 rings (SSSR count). The van der Waals surface area contributed by atoms with Gasteiger partial charge in [-0.25, -0.2) is 0 Å². The highest BCUT2D eigenvalue weighted by Crippen LogP contribution is 2.48. The zero-order chi connectivity index (χ0) is 5.28. The molecule has 1 heterocycles. The van der Waals surface area contributed by atoms with Crippen molar-refractivity contribution in [2.45, 2.75) is 26.7 Å². The minimum absolute atomic E-state index is 1.26. The van der Waals surface area contributed by atoms with Gasteiger partial charge in [0.15, 0.2) is 0 Å². The smallest absolute Gasteiger partial charge is 0.000967 e. The molecule has 0 aliphatic carbocycles. The first kappa shape index (κ1) is 5.23. The second-order valence-electron chi connectivity index (χ2n) is 1.66. The topological polar surface area (TPSA) is 0 Å². The van der Waals surface area contributed by atoms with E-state index in [0.29, 0.717) is 0 Å². The maximum Gasteiger partial charge on any atom is -0.000967 e. The van der Waals surface area contributed by atoms with Crippen LogP contribution < -0.4 is 0 Å². The maximum atomic E-state index is 2.21. The highest BCUT2D eigenvalue weighted by molar-refractivity contribution is 8.13. The summed E-state index contributed by atoms with van der Waals surface area (Å²) in [6.45, 7) is 4.43. The van der Waals surface area contributed by atoms with Crippen molar-refractivity contribution < 1.29 is 0 Å². The number of rotatable bonds is 2. The highest BCUT2D eigenvalue weighted by atomic mass is 32.2. The second-order valence-corrected chi connectivity index (χ2v) is 2.85. The molecule has 0 N–H and O–H groups in total. The molecule has 1 aliphatic heterocycles. The molecule has 0 spiro atoms. The average molecular weight is 114 g/mol. The summed E-state index contributed by atoms with van der Waals surface area (Å²) >= 11 is 1.97. The fourth-order valence-electron chi connectivity index (χ4n) is 0.662. The van der Waals surface area contributed by atoms with E-state index in [2.05, 4.69) is 13.8 Å². The quantitative estimate of drug-likeness (QED) is 0.532. The van der Waals surface area contributed by atoms with E-state index in [1.165, 1.54) is 12.8 Å². The van der Waals surface area contributed by atoms with Crippen LogP contribution in [0.3, 0.4) is 0 Å². The fourth-order valence-corrected chi connectivity index (χ4v) is 1.49. The number of hydrogen-bond acceptors (Lipinski definition) is 1. The van der Waals surface area contributed by atoms with Gasteiger partial charge in [-0.1, -0.05) is 25.6 Å². The van der Waals surface area contributed by atoms with Gasteiger partial charge < -0.3 is 0 Å². The molecule has 0 atom stereocenters. The third-order valence-electron chi connectivity index (χ3n) is 1.16. The molecule has 0 nitrogen and oxygen atoms in total. The minimum Gasteiger partial charge on any atom is -0.0974 e. The van der Waals surface area contributed by atoms with Crippen molar-refractivity contribution in [3.05, 3.63) is 9.81 Å². The highest BCUT2D eigenvalue weighted by Gasteiger charge is 2.17. The van der Waals surface area contributed by atoms with E-state index >= 15 is 0 Å². The Kier molecular flexibility index (Phi) is 1.43. The molecular weight excluding hydrogens is 104 g/mol. The second kappa shape index (κ2) is 1.91. The first-order chi connectivity index (χ1) is 3.38. The number of hydrogen-bond donors (Lipinski definition) is 0. The SMILES string of the molecule is CCC1=C(CC)S1. The van der Waals surface area contributed by atoms with Crippen LogP contribution in [-0.2, 0) is 0 Å². The van der Waals surface area contributed by atoms with Crippen LogP contribution in [0, 0.1) is 0 Å². The molecule has 1 aliphatic rings. The van der Waals surface area contributed by atoms with Gasteiger partial charge in [-0.2, -0.15) is 0 Å². The predicted molar refractivity (Wildman–Crippen MR) is 35.2 cm³/mol. The first-order valence-corrected chi connectivity index (χ1v) is 3.60. The zero-order valence-electron chi connectivity index (χ0n) is 4.82. The van der Waals surface area contributed by atoms with Crippen LogP contribution in [0.15, 0.2) is 9.81 Å². The van der Waals surface area contributed by atoms with Crippen molar-refractivity contribution in [2.75, 3.05) is 0 Å². The first-order valence-electron chi connectivity index (χ1n) is 2.78. The maximum absolute atomic E-state index is 2.21. The van der Waals surface area contributed by atoms with Gasteiger partial charge in [0.05, 0.1) is 0 Å². The molecule has 0 aromatic carbocycles. The molecule has 0 saturated heterocycles. The Morgan fingerprint density at radius 3 is 1.71 bits per heavy atom. The van der Waals surface area contributed by atoms with Gasteiger partial charge in [0.25, 0.3) is 0 Å². The van der Waals surface area contributed by atoms with Crippen molar-refractivity contribution >= 4 is 11.8 Å². The molecular formula is C6H10S. The van der Waals surface area contributed by atoms with E-state index in [0.717, 1.165) is 0 Å². The lowest BCUT2D eigenvalue weighted by molar-refractivity contribution is 1.16. The molecule has 0 aromatic heterocycles. The van der Waals surface area contributed by atoms with E-state index in [1.54, 1.807) is 9.81 Å². The fraction of sp³-hybridized carbons (Fsp3) is 0.667. The Morgan fingerprint density at radius 1 is 1.14 bits per heavy atom. The predicted octanol–water partition coefficient (Wildman–Crippen LogP) is 2.76. The Balaban J connectivity index is 2.32. The summed E-state index contributed by atoms with van der Waals surface area (Å²) in [5.74, 6) is 0. The van der Waals surface area contributed by atoms with Crippen molar-refractivity contribution in [1.29, 1.82) is 0 Å². The van der Waals surface area contributed by atoms with Crippen molar-refractivity contribution in [2.24, 2.45) is 0 Å². The molecule has 0 fully saturated rings. The zero-order valence-corrected chi connectivity index (χ0v) is 5.64. The summed E-state index contributed by atoms with van der Waals surface area (Å²) in [5.41, 5.74) is 0. The van der Waals surface area contributed by atoms with Crippen LogP contribution in [0.2, 0.25) is 0 Å². The number of allylic oxidation sites excluding steroid dienone is 2. The summed E-state index contributed by atoms with van der Waals surface area (Å²) in [6, 6.07) is 0. The van der Waals surface area contributed by atoms with Gasteiger partial charge in [0, 0.05) is 0 Å². The molecule has 0 aromatic rings. The van der Waals surface area contributed by atoms with Gasteiger partial charge in [-0.3, -0.25) is 0 Å². The van der Waals surface area contributed by atoms with Crippen LogP contribution in [0.4, 0.5) is 0 Å². The Bertz CT molecular complexity index is 90.7. The van der Waals surface area contributed by atoms with Crippen LogP contribution in [0.25, 0.3) is 0 Å². The lowest BCUT2D eigenvalue weighted by Gasteiger charge is -1.68. The summed E-state index contributed by atoms with van der Waals surface area (Å²) in [4.78, 5) is 3.25. The molecule has 0 unspecified atom stereocenters. The van der Waals surface area contributed by atoms with E-state index in [-0.39, 0.29) is 0 Å². The van der Waals surface area contributed by atoms with Gasteiger partial charge >= 0.3 is 0 Å². The van der Waals surface area contributed by atoms with Crippen molar-refractivity contribution in [3.63, 3.8) is 0 Å². The third kappa shape index (κ3) is 1.00. The van der Waals surface area contributed by atoms with Gasteiger partial charge in [-0.15, -0.1) is 0 Å². The van der Waals surface area contributed by atoms with Gasteiger partial charge in [0.1, 0.15) is 0 Å². The monoisotopic (exact) mass is 114 g/mol. The van der Waals surface area contributed by atoms with E-state index in [4.69, 9.17) is 0 Å². The Morgan fingerprint density at radius 2 is 1.57 bits per heavy atom. The van der Waals surface area contributed by atoms with E-state index < -0.39 is 0 Å². The van der Waals surface area contributed by atoms with Crippen molar-refractivity contribution in [3.8, 4) is 0 Å². The summed E-state index contributed by atoms with van der Waals surface area (Å²) in [5, 5.41) is 0. The summed E-state index contributed by atoms with van der Waals surface area (Å²) < 4.78 is 0. The van der Waals surface area contributed by atoms with Crippen LogP contribution >= 0.6 is 11.8 Å². The third-order valence-corrected chi connectivity index (χ3v) is 2.52.